The molecule has 0 atom stereocenters. The smallest absolute Gasteiger partial charge is 0.276 e. The summed E-state index contributed by atoms with van der Waals surface area (Å²) in [5.74, 6) is 0. The molecule has 0 saturated heterocycles. The molecule has 26 heavy (non-hydrogen) atoms. The minimum atomic E-state index is -0.611. The van der Waals surface area contributed by atoms with Crippen LogP contribution in [-0.4, -0.2) is 43.5 Å². The van der Waals surface area contributed by atoms with Gasteiger partial charge in [0.25, 0.3) is 5.24 Å². The van der Waals surface area contributed by atoms with Gasteiger partial charge in [-0.15, -0.1) is 0 Å². The highest BCUT2D eigenvalue weighted by Crippen LogP contribution is 1.99. The standard InChI is InChI=1S/C6H4ClNO.C6H5N5O.C4H12Si/c7-6(9)5-2-1-3-8-4-5;12-6-8-9-10-11(6)5-2-1-3-7-4-5;1-5(2,3)4/h1-4H;1-4H,(H,8,10,12);1-4H3. The summed E-state index contributed by atoms with van der Waals surface area (Å²) < 4.78 is 1.13. The maximum Gasteiger partial charge on any atom is 0.365 e. The Morgan fingerprint density at radius 1 is 1.08 bits per heavy atom. The molecule has 3 aromatic rings. The summed E-state index contributed by atoms with van der Waals surface area (Å²) >= 11 is 5.12. The molecular weight excluding hydrogens is 372 g/mol. The zero-order valence-corrected chi connectivity index (χ0v) is 16.8. The third kappa shape index (κ3) is 8.99. The lowest BCUT2D eigenvalue weighted by Crippen LogP contribution is -2.15. The van der Waals surface area contributed by atoms with Crippen LogP contribution >= 0.6 is 11.6 Å². The molecule has 0 amide bonds. The molecular formula is C16H21ClN6O2Si. The van der Waals surface area contributed by atoms with E-state index in [0.29, 0.717) is 11.3 Å². The van der Waals surface area contributed by atoms with Gasteiger partial charge < -0.3 is 0 Å². The van der Waals surface area contributed by atoms with Crippen LogP contribution in [0.4, 0.5) is 0 Å². The van der Waals surface area contributed by atoms with Gasteiger partial charge in [-0.3, -0.25) is 14.8 Å². The number of nitrogens with one attached hydrogen (secondary N) is 1. The van der Waals surface area contributed by atoms with Crippen molar-refractivity contribution in [2.24, 2.45) is 0 Å². The summed E-state index contributed by atoms with van der Waals surface area (Å²) in [5, 5.41) is 8.61. The fourth-order valence-corrected chi connectivity index (χ4v) is 1.44. The second-order valence-electron chi connectivity index (χ2n) is 6.64. The molecule has 0 radical (unpaired) electrons. The number of nitrogens with zero attached hydrogens (tertiary/aromatic N) is 5. The fraction of sp³-hybridized carbons (Fsp3) is 0.250. The van der Waals surface area contributed by atoms with E-state index in [9.17, 15) is 9.59 Å². The third-order valence-corrected chi connectivity index (χ3v) is 2.47. The summed E-state index contributed by atoms with van der Waals surface area (Å²) in [6.07, 6.45) is 6.16. The average molecular weight is 393 g/mol. The minimum Gasteiger partial charge on any atom is -0.276 e. The first-order valence-electron chi connectivity index (χ1n) is 7.69. The van der Waals surface area contributed by atoms with Crippen molar-refractivity contribution in [2.45, 2.75) is 26.2 Å². The van der Waals surface area contributed by atoms with Crippen molar-refractivity contribution in [3.8, 4) is 5.69 Å². The van der Waals surface area contributed by atoms with E-state index in [1.807, 2.05) is 0 Å². The fourth-order valence-electron chi connectivity index (χ4n) is 1.32. The van der Waals surface area contributed by atoms with Crippen LogP contribution in [0.15, 0.2) is 53.8 Å². The summed E-state index contributed by atoms with van der Waals surface area (Å²) in [4.78, 5) is 28.9. The van der Waals surface area contributed by atoms with E-state index in [-0.39, 0.29) is 5.69 Å². The SMILES string of the molecule is C[Si](C)(C)C.O=C(Cl)c1cccnc1.O=c1[nH]nnn1-c1cccnc1. The number of pyridine rings is 2. The largest absolute Gasteiger partial charge is 0.365 e. The summed E-state index contributed by atoms with van der Waals surface area (Å²) in [7, 11) is -0.611. The molecule has 138 valence electrons. The van der Waals surface area contributed by atoms with Gasteiger partial charge in [0.05, 0.1) is 17.4 Å². The molecule has 0 aromatic carbocycles. The lowest BCUT2D eigenvalue weighted by atomic mass is 10.3. The molecule has 0 fully saturated rings. The van der Waals surface area contributed by atoms with E-state index >= 15 is 0 Å². The van der Waals surface area contributed by atoms with Gasteiger partial charge >= 0.3 is 5.69 Å². The molecule has 0 saturated carbocycles. The van der Waals surface area contributed by atoms with Gasteiger partial charge in [0, 0.05) is 26.7 Å². The summed E-state index contributed by atoms with van der Waals surface area (Å²) in [6.45, 7) is 9.31. The Labute approximate surface area is 157 Å². The van der Waals surface area contributed by atoms with Crippen LogP contribution in [0.2, 0.25) is 26.2 Å². The van der Waals surface area contributed by atoms with Gasteiger partial charge in [-0.1, -0.05) is 26.2 Å². The van der Waals surface area contributed by atoms with Crippen molar-refractivity contribution in [1.29, 1.82) is 0 Å². The van der Waals surface area contributed by atoms with E-state index in [1.165, 1.54) is 12.4 Å². The number of carbonyl (C=O) groups is 1. The van der Waals surface area contributed by atoms with Crippen molar-refractivity contribution in [3.63, 3.8) is 0 Å². The van der Waals surface area contributed by atoms with Crippen LogP contribution in [0, 0.1) is 0 Å². The number of hydrogen-bond acceptors (Lipinski definition) is 6. The highest BCUT2D eigenvalue weighted by molar-refractivity contribution is 6.74. The molecule has 0 aliphatic rings. The van der Waals surface area contributed by atoms with Gasteiger partial charge in [-0.05, 0) is 46.3 Å². The molecule has 10 heteroatoms. The predicted molar refractivity (Wildman–Crippen MR) is 103 cm³/mol. The lowest BCUT2D eigenvalue weighted by Gasteiger charge is -2.01. The Kier molecular flexibility index (Phi) is 8.53. The van der Waals surface area contributed by atoms with E-state index in [0.717, 1.165) is 4.68 Å². The van der Waals surface area contributed by atoms with Crippen molar-refractivity contribution in [3.05, 3.63) is 65.1 Å². The van der Waals surface area contributed by atoms with Crippen LogP contribution in [0.25, 0.3) is 5.69 Å². The van der Waals surface area contributed by atoms with Gasteiger partial charge in [-0.2, -0.15) is 4.68 Å². The highest BCUT2D eigenvalue weighted by Gasteiger charge is 2.00. The van der Waals surface area contributed by atoms with Gasteiger partial charge in [0.1, 0.15) is 0 Å². The van der Waals surface area contributed by atoms with Crippen LogP contribution in [-0.2, 0) is 0 Å². The van der Waals surface area contributed by atoms with Crippen molar-refractivity contribution in [1.82, 2.24) is 30.2 Å². The molecule has 3 rings (SSSR count). The van der Waals surface area contributed by atoms with E-state index in [1.54, 1.807) is 36.7 Å². The topological polar surface area (TPSA) is 106 Å². The zero-order chi connectivity index (χ0) is 19.6. The monoisotopic (exact) mass is 392 g/mol. The Morgan fingerprint density at radius 2 is 1.65 bits per heavy atom. The number of rotatable bonds is 2. The number of H-pyrrole nitrogens is 1. The van der Waals surface area contributed by atoms with Gasteiger partial charge in [0.15, 0.2) is 0 Å². The first-order chi connectivity index (χ1) is 12.2. The summed E-state index contributed by atoms with van der Waals surface area (Å²) in [6, 6.07) is 6.71. The third-order valence-electron chi connectivity index (χ3n) is 2.25. The normalized spacial score (nSPS) is 10.0. The molecule has 8 nitrogen and oxygen atoms in total. The number of halogens is 1. The van der Waals surface area contributed by atoms with Gasteiger partial charge in [0.2, 0.25) is 0 Å². The Balaban J connectivity index is 0.000000214. The highest BCUT2D eigenvalue weighted by atomic mass is 35.5. The van der Waals surface area contributed by atoms with Gasteiger partial charge in [-0.25, -0.2) is 9.89 Å². The Bertz CT molecular complexity index is 840. The summed E-state index contributed by atoms with van der Waals surface area (Å²) in [5.41, 5.74) is 0.651. The maximum absolute atomic E-state index is 11.0. The molecule has 0 aliphatic heterocycles. The van der Waals surface area contributed by atoms with E-state index in [4.69, 9.17) is 11.6 Å². The first-order valence-corrected chi connectivity index (χ1v) is 12.1. The van der Waals surface area contributed by atoms with Crippen LogP contribution in [0.1, 0.15) is 10.4 Å². The quantitative estimate of drug-likeness (QED) is 0.530. The molecule has 0 aliphatic carbocycles. The first kappa shape index (κ1) is 21.4. The second kappa shape index (κ2) is 10.4. The van der Waals surface area contributed by atoms with E-state index < -0.39 is 13.3 Å². The molecule has 0 unspecified atom stereocenters. The predicted octanol–water partition coefficient (Wildman–Crippen LogP) is 2.77. The van der Waals surface area contributed by atoms with Crippen molar-refractivity contribution in [2.75, 3.05) is 0 Å². The molecule has 3 aromatic heterocycles. The Hall–Kier alpha value is -2.65. The number of aromatic nitrogens is 6. The van der Waals surface area contributed by atoms with Crippen LogP contribution < -0.4 is 5.69 Å². The lowest BCUT2D eigenvalue weighted by molar-refractivity contribution is 0.108. The number of tetrazole rings is 1. The number of carbonyl (C=O) groups excluding carboxylic acids is 1. The maximum atomic E-state index is 11.0. The van der Waals surface area contributed by atoms with E-state index in [2.05, 4.69) is 51.7 Å². The molecule has 3 heterocycles. The molecule has 0 bridgehead atoms. The van der Waals surface area contributed by atoms with Crippen LogP contribution in [0.5, 0.6) is 0 Å². The van der Waals surface area contributed by atoms with Crippen LogP contribution in [0.3, 0.4) is 0 Å². The minimum absolute atomic E-state index is 0.372. The molecule has 1 N–H and O–H groups in total. The number of hydrogen-bond donors (Lipinski definition) is 1. The Morgan fingerprint density at radius 3 is 2.00 bits per heavy atom. The second-order valence-corrected chi connectivity index (χ2v) is 13.0. The van der Waals surface area contributed by atoms with Crippen molar-refractivity contribution < 1.29 is 4.79 Å². The molecule has 0 spiro atoms. The van der Waals surface area contributed by atoms with Crippen molar-refractivity contribution >= 4 is 24.9 Å². The zero-order valence-electron chi connectivity index (χ0n) is 15.0. The average Bonchev–Trinajstić information content (AvgIpc) is 3.02. The number of aromatic amines is 1.